The van der Waals surface area contributed by atoms with E-state index in [1.54, 1.807) is 65.9 Å². The quantitative estimate of drug-likeness (QED) is 0.286. The molecule has 148 valence electrons. The van der Waals surface area contributed by atoms with Crippen molar-refractivity contribution in [3.05, 3.63) is 112 Å². The molecule has 0 aliphatic carbocycles. The van der Waals surface area contributed by atoms with Crippen molar-refractivity contribution in [2.45, 2.75) is 6.54 Å². The lowest BCUT2D eigenvalue weighted by Crippen LogP contribution is -2.06. The van der Waals surface area contributed by atoms with E-state index in [1.165, 1.54) is 6.07 Å². The fourth-order valence-electron chi connectivity index (χ4n) is 3.03. The summed E-state index contributed by atoms with van der Waals surface area (Å²) in [6, 6.07) is 16.8. The van der Waals surface area contributed by atoms with Crippen molar-refractivity contribution < 1.29 is 9.72 Å². The van der Waals surface area contributed by atoms with Crippen LogP contribution in [0.2, 0.25) is 0 Å². The van der Waals surface area contributed by atoms with E-state index < -0.39 is 4.92 Å². The Morgan fingerprint density at radius 1 is 1.03 bits per heavy atom. The van der Waals surface area contributed by atoms with Crippen molar-refractivity contribution in [3.63, 3.8) is 0 Å². The van der Waals surface area contributed by atoms with Gasteiger partial charge in [-0.3, -0.25) is 19.5 Å². The number of hydrogen-bond acceptors (Lipinski definition) is 6. The topological polar surface area (TPSA) is 103 Å². The zero-order valence-corrected chi connectivity index (χ0v) is 15.8. The highest BCUT2D eigenvalue weighted by molar-refractivity contribution is 6.09. The first kappa shape index (κ1) is 19.0. The Hall–Kier alpha value is -4.33. The van der Waals surface area contributed by atoms with Gasteiger partial charge in [-0.15, -0.1) is 0 Å². The van der Waals surface area contributed by atoms with Gasteiger partial charge in [0, 0.05) is 42.3 Å². The second-order valence-corrected chi connectivity index (χ2v) is 6.53. The van der Waals surface area contributed by atoms with Gasteiger partial charge in [-0.1, -0.05) is 30.3 Å². The van der Waals surface area contributed by atoms with E-state index in [0.29, 0.717) is 23.6 Å². The van der Waals surface area contributed by atoms with Crippen molar-refractivity contribution in [1.82, 2.24) is 14.5 Å². The average Bonchev–Trinajstić information content (AvgIpc) is 3.33. The molecule has 2 aromatic heterocycles. The Kier molecular flexibility index (Phi) is 5.29. The van der Waals surface area contributed by atoms with Gasteiger partial charge in [-0.05, 0) is 29.8 Å². The van der Waals surface area contributed by atoms with E-state index >= 15 is 0 Å². The maximum absolute atomic E-state index is 12.6. The van der Waals surface area contributed by atoms with E-state index in [4.69, 9.17) is 0 Å². The summed E-state index contributed by atoms with van der Waals surface area (Å²) in [7, 11) is 0. The summed E-state index contributed by atoms with van der Waals surface area (Å²) < 4.78 is 1.77. The first-order valence-corrected chi connectivity index (χ1v) is 9.17. The van der Waals surface area contributed by atoms with Gasteiger partial charge in [0.2, 0.25) is 0 Å². The SMILES string of the molecule is O=C(c1ccccc1)c1ccc(NCc2ccnc(-n3ccnc3)c2)c([N+](=O)[O-])c1. The highest BCUT2D eigenvalue weighted by atomic mass is 16.6. The number of ketones is 1. The Morgan fingerprint density at radius 2 is 1.87 bits per heavy atom. The van der Waals surface area contributed by atoms with Crippen LogP contribution in [-0.2, 0) is 6.54 Å². The van der Waals surface area contributed by atoms with Crippen LogP contribution in [0.5, 0.6) is 0 Å². The molecular formula is C22H17N5O3. The number of nitrogens with zero attached hydrogens (tertiary/aromatic N) is 4. The molecule has 0 radical (unpaired) electrons. The number of aromatic nitrogens is 3. The van der Waals surface area contributed by atoms with Crippen molar-refractivity contribution in [2.24, 2.45) is 0 Å². The third-order valence-corrected chi connectivity index (χ3v) is 4.55. The molecule has 0 saturated carbocycles. The zero-order valence-electron chi connectivity index (χ0n) is 15.8. The third-order valence-electron chi connectivity index (χ3n) is 4.55. The van der Waals surface area contributed by atoms with Crippen LogP contribution in [-0.4, -0.2) is 25.2 Å². The number of anilines is 1. The summed E-state index contributed by atoms with van der Waals surface area (Å²) >= 11 is 0. The summed E-state index contributed by atoms with van der Waals surface area (Å²) in [5, 5.41) is 14.7. The van der Waals surface area contributed by atoms with Crippen molar-refractivity contribution in [3.8, 4) is 5.82 Å². The van der Waals surface area contributed by atoms with Crippen LogP contribution in [0.1, 0.15) is 21.5 Å². The predicted molar refractivity (Wildman–Crippen MR) is 112 cm³/mol. The van der Waals surface area contributed by atoms with Crippen LogP contribution in [0, 0.1) is 10.1 Å². The van der Waals surface area contributed by atoms with E-state index in [2.05, 4.69) is 15.3 Å². The van der Waals surface area contributed by atoms with E-state index in [0.717, 1.165) is 5.56 Å². The minimum atomic E-state index is -0.492. The van der Waals surface area contributed by atoms with Gasteiger partial charge < -0.3 is 5.32 Å². The van der Waals surface area contributed by atoms with Crippen LogP contribution in [0.3, 0.4) is 0 Å². The Balaban J connectivity index is 1.55. The molecule has 1 N–H and O–H groups in total. The zero-order chi connectivity index (χ0) is 20.9. The number of hydrogen-bond donors (Lipinski definition) is 1. The maximum atomic E-state index is 12.6. The number of nitrogens with one attached hydrogen (secondary N) is 1. The van der Waals surface area contributed by atoms with Gasteiger partial charge in [-0.2, -0.15) is 0 Å². The first-order valence-electron chi connectivity index (χ1n) is 9.17. The molecule has 4 rings (SSSR count). The minimum Gasteiger partial charge on any atom is -0.375 e. The van der Waals surface area contributed by atoms with Crippen LogP contribution < -0.4 is 5.32 Å². The molecule has 8 heteroatoms. The van der Waals surface area contributed by atoms with Crippen LogP contribution in [0.15, 0.2) is 85.6 Å². The molecule has 8 nitrogen and oxygen atoms in total. The number of carbonyl (C=O) groups excluding carboxylic acids is 1. The number of benzene rings is 2. The number of pyridine rings is 1. The lowest BCUT2D eigenvalue weighted by atomic mass is 10.0. The van der Waals surface area contributed by atoms with Gasteiger partial charge >= 0.3 is 0 Å². The van der Waals surface area contributed by atoms with Crippen molar-refractivity contribution >= 4 is 17.2 Å². The molecule has 0 amide bonds. The predicted octanol–water partition coefficient (Wildman–Crippen LogP) is 4.02. The molecular weight excluding hydrogens is 382 g/mol. The lowest BCUT2D eigenvalue weighted by Gasteiger charge is -2.10. The van der Waals surface area contributed by atoms with E-state index in [1.807, 2.05) is 18.2 Å². The van der Waals surface area contributed by atoms with Gasteiger partial charge in [0.05, 0.1) is 4.92 Å². The molecule has 4 aromatic rings. The van der Waals surface area contributed by atoms with Crippen molar-refractivity contribution in [1.29, 1.82) is 0 Å². The Labute approximate surface area is 172 Å². The molecule has 0 aliphatic heterocycles. The van der Waals surface area contributed by atoms with E-state index in [9.17, 15) is 14.9 Å². The molecule has 0 aliphatic rings. The molecule has 0 bridgehead atoms. The van der Waals surface area contributed by atoms with Crippen LogP contribution in [0.25, 0.3) is 5.82 Å². The minimum absolute atomic E-state index is 0.152. The smallest absolute Gasteiger partial charge is 0.293 e. The van der Waals surface area contributed by atoms with E-state index in [-0.39, 0.29) is 17.0 Å². The van der Waals surface area contributed by atoms with Gasteiger partial charge in [0.1, 0.15) is 17.8 Å². The number of nitro groups is 1. The number of imidazole rings is 1. The summed E-state index contributed by atoms with van der Waals surface area (Å²) in [6.07, 6.45) is 6.76. The first-order chi connectivity index (χ1) is 14.6. The molecule has 0 fully saturated rings. The fourth-order valence-corrected chi connectivity index (χ4v) is 3.03. The lowest BCUT2D eigenvalue weighted by molar-refractivity contribution is -0.384. The monoisotopic (exact) mass is 399 g/mol. The summed E-state index contributed by atoms with van der Waals surface area (Å²) in [4.78, 5) is 32.0. The second-order valence-electron chi connectivity index (χ2n) is 6.53. The van der Waals surface area contributed by atoms with Gasteiger partial charge in [0.15, 0.2) is 5.78 Å². The van der Waals surface area contributed by atoms with Crippen LogP contribution in [0.4, 0.5) is 11.4 Å². The molecule has 2 heterocycles. The summed E-state index contributed by atoms with van der Waals surface area (Å²) in [5.41, 5.74) is 1.83. The summed E-state index contributed by atoms with van der Waals surface area (Å²) in [6.45, 7) is 0.358. The molecule has 0 saturated heterocycles. The standard InChI is InChI=1S/C22H17N5O3/c28-22(17-4-2-1-3-5-17)18-6-7-19(20(13-18)27(29)30)25-14-16-8-9-24-21(12-16)26-11-10-23-15-26/h1-13,15,25H,14H2. The average molecular weight is 399 g/mol. The number of carbonyl (C=O) groups is 1. The van der Waals surface area contributed by atoms with Gasteiger partial charge in [0.25, 0.3) is 5.69 Å². The molecule has 2 aromatic carbocycles. The van der Waals surface area contributed by atoms with Crippen LogP contribution >= 0.6 is 0 Å². The normalized spacial score (nSPS) is 10.5. The third kappa shape index (κ3) is 4.07. The fraction of sp³-hybridized carbons (Fsp3) is 0.0455. The second kappa shape index (κ2) is 8.36. The molecule has 30 heavy (non-hydrogen) atoms. The van der Waals surface area contributed by atoms with Crippen molar-refractivity contribution in [2.75, 3.05) is 5.32 Å². The summed E-state index contributed by atoms with van der Waals surface area (Å²) in [5.74, 6) is 0.439. The highest BCUT2D eigenvalue weighted by Gasteiger charge is 2.18. The van der Waals surface area contributed by atoms with Gasteiger partial charge in [-0.25, -0.2) is 9.97 Å². The Morgan fingerprint density at radius 3 is 2.60 bits per heavy atom. The number of rotatable bonds is 7. The molecule has 0 unspecified atom stereocenters. The Bertz CT molecular complexity index is 1190. The maximum Gasteiger partial charge on any atom is 0.293 e. The molecule has 0 spiro atoms. The highest BCUT2D eigenvalue weighted by Crippen LogP contribution is 2.27. The largest absolute Gasteiger partial charge is 0.375 e. The molecule has 0 atom stereocenters. The number of nitro benzene ring substituents is 1.